The van der Waals surface area contributed by atoms with Crippen molar-refractivity contribution in [2.75, 3.05) is 33.3 Å². The fraction of sp³-hybridized carbons (Fsp3) is 0.583. The Bertz CT molecular complexity index is 258. The molecule has 0 amide bonds. The van der Waals surface area contributed by atoms with Gasteiger partial charge in [0.15, 0.2) is 0 Å². The summed E-state index contributed by atoms with van der Waals surface area (Å²) in [7, 11) is 1.91. The smallest absolute Gasteiger partial charge is 0.0841 e. The second-order valence-corrected chi connectivity index (χ2v) is 3.92. The third-order valence-electron chi connectivity index (χ3n) is 2.31. The largest absolute Gasteiger partial charge is 0.448 e. The van der Waals surface area contributed by atoms with E-state index >= 15 is 0 Å². The van der Waals surface area contributed by atoms with Crippen molar-refractivity contribution in [1.29, 1.82) is 0 Å². The molecule has 0 aromatic heterocycles. The van der Waals surface area contributed by atoms with Crippen LogP contribution in [0.25, 0.3) is 0 Å². The van der Waals surface area contributed by atoms with E-state index in [9.17, 15) is 0 Å². The minimum absolute atomic E-state index is 0. The Hall–Kier alpha value is -0.0605. The average Bonchev–Trinajstić information content (AvgIpc) is 2.32. The number of hydrogen-bond acceptors (Lipinski definition) is 4. The summed E-state index contributed by atoms with van der Waals surface area (Å²) in [5.74, 6) is 0. The van der Waals surface area contributed by atoms with Crippen LogP contribution < -0.4 is 0 Å². The molecule has 0 fully saturated rings. The van der Waals surface area contributed by atoms with E-state index in [0.29, 0.717) is 11.7 Å². The molecule has 0 saturated carbocycles. The summed E-state index contributed by atoms with van der Waals surface area (Å²) in [5, 5.41) is 8.93. The van der Waals surface area contributed by atoms with Crippen molar-refractivity contribution in [3.05, 3.63) is 26.1 Å². The van der Waals surface area contributed by atoms with Gasteiger partial charge >= 0.3 is 0 Å². The summed E-state index contributed by atoms with van der Waals surface area (Å²) in [6.45, 7) is 11.6. The first-order chi connectivity index (χ1) is 8.04. The molecule has 111 valence electrons. The van der Waals surface area contributed by atoms with E-state index in [0.717, 1.165) is 13.1 Å². The first-order valence-corrected chi connectivity index (χ1v) is 5.90. The standard InChI is InChI=1S/C6H8ClN2.C6H13NO.Cu/c1-5-8-6(7)3-4-9(5)2;1-3-7(4-2)5-6-8;/h3,5H,1-2H3;8H,1-6H2;/q-1;-2;. The van der Waals surface area contributed by atoms with E-state index < -0.39 is 0 Å². The molecule has 1 radical (unpaired) electrons. The second-order valence-electron chi connectivity index (χ2n) is 3.53. The Labute approximate surface area is 126 Å². The van der Waals surface area contributed by atoms with Crippen LogP contribution >= 0.6 is 11.6 Å². The third-order valence-corrected chi connectivity index (χ3v) is 2.51. The molecule has 0 aromatic carbocycles. The molecular weight excluding hydrogens is 301 g/mol. The van der Waals surface area contributed by atoms with E-state index in [1.807, 2.05) is 23.8 Å². The van der Waals surface area contributed by atoms with Gasteiger partial charge in [0.1, 0.15) is 0 Å². The van der Waals surface area contributed by atoms with Gasteiger partial charge in [-0.1, -0.05) is 0 Å². The molecule has 1 atom stereocenters. The van der Waals surface area contributed by atoms with Gasteiger partial charge in [0, 0.05) is 23.6 Å². The van der Waals surface area contributed by atoms with Crippen LogP contribution in [0, 0.1) is 20.0 Å². The van der Waals surface area contributed by atoms with Gasteiger partial charge in [0.05, 0.1) is 12.8 Å². The molecule has 6 heteroatoms. The summed E-state index contributed by atoms with van der Waals surface area (Å²) >= 11 is 5.58. The molecule has 18 heavy (non-hydrogen) atoms. The van der Waals surface area contributed by atoms with Gasteiger partial charge in [-0.05, 0) is 19.1 Å². The van der Waals surface area contributed by atoms with Crippen LogP contribution in [0.2, 0.25) is 0 Å². The SMILES string of the molecule is CC1N=C(Cl)C=[C-]N1C.[CH2-]CN(C[CH2-])CCO.[Cu]. The van der Waals surface area contributed by atoms with Gasteiger partial charge in [-0.15, -0.1) is 13.1 Å². The molecule has 0 spiro atoms. The number of aliphatic hydroxyl groups excluding tert-OH is 1. The minimum Gasteiger partial charge on any atom is -0.448 e. The fourth-order valence-corrected chi connectivity index (χ4v) is 1.23. The van der Waals surface area contributed by atoms with E-state index in [1.54, 1.807) is 6.08 Å². The zero-order valence-electron chi connectivity index (χ0n) is 10.9. The Morgan fingerprint density at radius 3 is 2.39 bits per heavy atom. The van der Waals surface area contributed by atoms with Gasteiger partial charge < -0.3 is 33.7 Å². The second kappa shape index (κ2) is 12.0. The normalized spacial score (nSPS) is 17.8. The topological polar surface area (TPSA) is 39.1 Å². The number of allylic oxidation sites excluding steroid dienone is 1. The van der Waals surface area contributed by atoms with Crippen molar-refractivity contribution in [3.8, 4) is 0 Å². The maximum atomic E-state index is 8.40. The van der Waals surface area contributed by atoms with Crippen LogP contribution in [0.5, 0.6) is 0 Å². The molecule has 0 bridgehead atoms. The van der Waals surface area contributed by atoms with Crippen LogP contribution in [-0.4, -0.2) is 59.5 Å². The molecule has 1 N–H and O–H groups in total. The van der Waals surface area contributed by atoms with Crippen molar-refractivity contribution < 1.29 is 22.2 Å². The number of nitrogens with zero attached hydrogens (tertiary/aromatic N) is 3. The van der Waals surface area contributed by atoms with Crippen molar-refractivity contribution in [1.82, 2.24) is 9.80 Å². The molecule has 1 rings (SSSR count). The first-order valence-electron chi connectivity index (χ1n) is 5.52. The summed E-state index contributed by atoms with van der Waals surface area (Å²) in [6.07, 6.45) is 4.71. The number of halogens is 1. The Morgan fingerprint density at radius 2 is 2.11 bits per heavy atom. The molecule has 0 aromatic rings. The van der Waals surface area contributed by atoms with Crippen molar-refractivity contribution in [2.24, 2.45) is 4.99 Å². The molecular formula is C12H21ClCuN3O-3. The van der Waals surface area contributed by atoms with Crippen LogP contribution in [0.3, 0.4) is 0 Å². The van der Waals surface area contributed by atoms with E-state index in [-0.39, 0.29) is 29.8 Å². The summed E-state index contributed by atoms with van der Waals surface area (Å²) in [4.78, 5) is 7.88. The maximum absolute atomic E-state index is 8.40. The Balaban J connectivity index is 0. The van der Waals surface area contributed by atoms with Crippen molar-refractivity contribution in [2.45, 2.75) is 13.1 Å². The van der Waals surface area contributed by atoms with Gasteiger partial charge in [-0.25, -0.2) is 0 Å². The van der Waals surface area contributed by atoms with E-state index in [2.05, 4.69) is 25.0 Å². The fourth-order valence-electron chi connectivity index (χ4n) is 1.04. The molecule has 0 aliphatic carbocycles. The van der Waals surface area contributed by atoms with E-state index in [1.165, 1.54) is 0 Å². The van der Waals surface area contributed by atoms with E-state index in [4.69, 9.17) is 16.7 Å². The molecule has 1 aliphatic rings. The van der Waals surface area contributed by atoms with Crippen LogP contribution in [-0.2, 0) is 17.1 Å². The maximum Gasteiger partial charge on any atom is 0.0841 e. The van der Waals surface area contributed by atoms with Gasteiger partial charge in [0.25, 0.3) is 0 Å². The average molecular weight is 322 g/mol. The van der Waals surface area contributed by atoms with Gasteiger partial charge in [-0.2, -0.15) is 23.9 Å². The zero-order valence-corrected chi connectivity index (χ0v) is 12.6. The molecule has 1 aliphatic heterocycles. The van der Waals surface area contributed by atoms with Crippen LogP contribution in [0.15, 0.2) is 11.1 Å². The molecule has 4 nitrogen and oxygen atoms in total. The summed E-state index contributed by atoms with van der Waals surface area (Å²) in [5.41, 5.74) is 0. The predicted octanol–water partition coefficient (Wildman–Crippen LogP) is 1.18. The molecule has 1 unspecified atom stereocenters. The van der Waals surface area contributed by atoms with Crippen molar-refractivity contribution in [3.63, 3.8) is 0 Å². The quantitative estimate of drug-likeness (QED) is 0.624. The predicted molar refractivity (Wildman–Crippen MR) is 72.6 cm³/mol. The number of aliphatic imine (C=N–C) groups is 1. The third kappa shape index (κ3) is 8.95. The van der Waals surface area contributed by atoms with Gasteiger partial charge in [-0.3, -0.25) is 0 Å². The molecule has 1 heterocycles. The first kappa shape index (κ1) is 20.3. The Kier molecular flexibility index (Phi) is 13.5. The van der Waals surface area contributed by atoms with Gasteiger partial charge in [0.2, 0.25) is 0 Å². The van der Waals surface area contributed by atoms with Crippen molar-refractivity contribution >= 4 is 16.8 Å². The Morgan fingerprint density at radius 1 is 1.56 bits per heavy atom. The number of aliphatic hydroxyl groups is 1. The number of rotatable bonds is 4. The summed E-state index contributed by atoms with van der Waals surface area (Å²) < 4.78 is 0. The molecule has 0 saturated heterocycles. The summed E-state index contributed by atoms with van der Waals surface area (Å²) in [6, 6.07) is 0. The number of hydrogen-bond donors (Lipinski definition) is 1. The minimum atomic E-state index is 0. The van der Waals surface area contributed by atoms with Crippen LogP contribution in [0.1, 0.15) is 6.92 Å². The monoisotopic (exact) mass is 321 g/mol. The zero-order chi connectivity index (χ0) is 13.3. The van der Waals surface area contributed by atoms with Crippen LogP contribution in [0.4, 0.5) is 0 Å².